The number of amides is 1. The van der Waals surface area contributed by atoms with Crippen LogP contribution in [0.5, 0.6) is 11.5 Å². The zero-order valence-electron chi connectivity index (χ0n) is 21.9. The van der Waals surface area contributed by atoms with E-state index in [1.807, 2.05) is 31.2 Å². The molecule has 0 aliphatic carbocycles. The van der Waals surface area contributed by atoms with Gasteiger partial charge in [-0.05, 0) is 114 Å². The lowest BCUT2D eigenvalue weighted by atomic mass is 10.1. The minimum Gasteiger partial charge on any atom is -0.490 e. The molecule has 1 heterocycles. The fourth-order valence-corrected chi connectivity index (χ4v) is 5.75. The van der Waals surface area contributed by atoms with Crippen molar-refractivity contribution in [3.8, 4) is 11.5 Å². The van der Waals surface area contributed by atoms with E-state index >= 15 is 0 Å². The molecule has 0 spiro atoms. The third-order valence-electron chi connectivity index (χ3n) is 5.60. The molecule has 7 nitrogen and oxygen atoms in total. The molecule has 1 fully saturated rings. The Labute approximate surface area is 260 Å². The van der Waals surface area contributed by atoms with Crippen LogP contribution >= 0.6 is 57.6 Å². The van der Waals surface area contributed by atoms with Crippen molar-refractivity contribution in [2.24, 2.45) is 4.99 Å². The molecule has 4 rings (SSSR count). The van der Waals surface area contributed by atoms with Gasteiger partial charge in [0.2, 0.25) is 0 Å². The van der Waals surface area contributed by atoms with Crippen LogP contribution in [0.2, 0.25) is 10.0 Å². The Balaban J connectivity index is 1.54. The molecule has 1 saturated heterocycles. The van der Waals surface area contributed by atoms with Crippen LogP contribution in [0.15, 0.2) is 64.5 Å². The van der Waals surface area contributed by atoms with Crippen molar-refractivity contribution in [2.75, 3.05) is 20.3 Å². The standard InChI is InChI=1S/C29H25Cl2IN2O5S/c1-4-37-24-14-18(13-23(32)26(24)39-16-17-6-11-21(30)22(31)12-17)15-25-27(35)34(3)29(40-25)33-20-9-7-19(8-10-20)28(36)38-5-2/h6-15H,4-5,16H2,1-3H3/b25-15-,33-29?. The number of carbonyl (C=O) groups is 2. The van der Waals surface area contributed by atoms with Crippen LogP contribution in [-0.4, -0.2) is 42.2 Å². The van der Waals surface area contributed by atoms with E-state index in [-0.39, 0.29) is 18.5 Å². The molecule has 0 unspecified atom stereocenters. The molecule has 0 atom stereocenters. The predicted octanol–water partition coefficient (Wildman–Crippen LogP) is 7.99. The first kappa shape index (κ1) is 30.2. The largest absolute Gasteiger partial charge is 0.490 e. The first-order valence-electron chi connectivity index (χ1n) is 12.3. The van der Waals surface area contributed by atoms with Crippen LogP contribution in [0.25, 0.3) is 6.08 Å². The summed E-state index contributed by atoms with van der Waals surface area (Å²) in [5.74, 6) is 0.619. The van der Waals surface area contributed by atoms with E-state index in [0.29, 0.717) is 56.1 Å². The smallest absolute Gasteiger partial charge is 0.338 e. The summed E-state index contributed by atoms with van der Waals surface area (Å²) in [6.45, 7) is 4.69. The number of ether oxygens (including phenoxy) is 3. The van der Waals surface area contributed by atoms with Crippen LogP contribution < -0.4 is 9.47 Å². The second-order valence-electron chi connectivity index (χ2n) is 8.44. The summed E-state index contributed by atoms with van der Waals surface area (Å²) in [5.41, 5.74) is 2.73. The van der Waals surface area contributed by atoms with Gasteiger partial charge >= 0.3 is 5.97 Å². The molecule has 3 aromatic rings. The second-order valence-corrected chi connectivity index (χ2v) is 11.4. The van der Waals surface area contributed by atoms with E-state index in [0.717, 1.165) is 14.7 Å². The van der Waals surface area contributed by atoms with Crippen LogP contribution in [0.4, 0.5) is 5.69 Å². The van der Waals surface area contributed by atoms with Crippen molar-refractivity contribution in [3.63, 3.8) is 0 Å². The lowest BCUT2D eigenvalue weighted by molar-refractivity contribution is -0.121. The van der Waals surface area contributed by atoms with Gasteiger partial charge in [-0.2, -0.15) is 0 Å². The molecule has 0 radical (unpaired) electrons. The van der Waals surface area contributed by atoms with E-state index in [2.05, 4.69) is 27.6 Å². The topological polar surface area (TPSA) is 77.4 Å². The summed E-state index contributed by atoms with van der Waals surface area (Å²) in [4.78, 5) is 31.5. The summed E-state index contributed by atoms with van der Waals surface area (Å²) in [7, 11) is 1.68. The highest BCUT2D eigenvalue weighted by Gasteiger charge is 2.30. The number of nitrogens with zero attached hydrogens (tertiary/aromatic N) is 2. The van der Waals surface area contributed by atoms with Gasteiger partial charge in [-0.1, -0.05) is 29.3 Å². The number of hydrogen-bond donors (Lipinski definition) is 0. The minimum atomic E-state index is -0.388. The summed E-state index contributed by atoms with van der Waals surface area (Å²) >= 11 is 15.6. The van der Waals surface area contributed by atoms with Gasteiger partial charge in [-0.25, -0.2) is 9.79 Å². The lowest BCUT2D eigenvalue weighted by Gasteiger charge is -2.15. The van der Waals surface area contributed by atoms with Gasteiger partial charge in [0.15, 0.2) is 16.7 Å². The lowest BCUT2D eigenvalue weighted by Crippen LogP contribution is -2.23. The SMILES string of the molecule is CCOC(=O)c1ccc(N=C2S/C(=C\c3cc(I)c(OCc4ccc(Cl)c(Cl)c4)c(OCC)c3)C(=O)N2C)cc1. The van der Waals surface area contributed by atoms with E-state index in [1.165, 1.54) is 16.7 Å². The van der Waals surface area contributed by atoms with E-state index in [9.17, 15) is 9.59 Å². The van der Waals surface area contributed by atoms with Crippen LogP contribution in [0, 0.1) is 3.57 Å². The molecule has 0 saturated carbocycles. The first-order valence-corrected chi connectivity index (χ1v) is 14.9. The van der Waals surface area contributed by atoms with Gasteiger partial charge in [0.1, 0.15) is 6.61 Å². The first-order chi connectivity index (χ1) is 19.2. The quantitative estimate of drug-likeness (QED) is 0.127. The van der Waals surface area contributed by atoms with Crippen LogP contribution in [0.3, 0.4) is 0 Å². The Morgan fingerprint density at radius 2 is 1.77 bits per heavy atom. The van der Waals surface area contributed by atoms with Crippen LogP contribution in [0.1, 0.15) is 35.3 Å². The molecule has 0 aromatic heterocycles. The number of carbonyl (C=O) groups excluding carboxylic acids is 2. The molecular weight excluding hydrogens is 686 g/mol. The second kappa shape index (κ2) is 13.8. The van der Waals surface area contributed by atoms with Gasteiger partial charge in [0.25, 0.3) is 5.91 Å². The van der Waals surface area contributed by atoms with Gasteiger partial charge in [0.05, 0.1) is 43.0 Å². The average Bonchev–Trinajstić information content (AvgIpc) is 3.18. The Bertz CT molecular complexity index is 1490. The minimum absolute atomic E-state index is 0.167. The average molecular weight is 711 g/mol. The Hall–Kier alpha value is -2.73. The highest BCUT2D eigenvalue weighted by Crippen LogP contribution is 2.38. The maximum Gasteiger partial charge on any atom is 0.338 e. The van der Waals surface area contributed by atoms with Gasteiger partial charge in [-0.3, -0.25) is 9.69 Å². The molecule has 208 valence electrons. The number of aliphatic imine (C=N–C) groups is 1. The maximum atomic E-state index is 13.0. The summed E-state index contributed by atoms with van der Waals surface area (Å²) in [6, 6.07) is 15.9. The zero-order valence-corrected chi connectivity index (χ0v) is 26.4. The Morgan fingerprint density at radius 3 is 2.45 bits per heavy atom. The van der Waals surface area contributed by atoms with Crippen molar-refractivity contribution in [2.45, 2.75) is 20.5 Å². The highest BCUT2D eigenvalue weighted by molar-refractivity contribution is 14.1. The number of esters is 1. The number of likely N-dealkylation sites (N-methyl/N-ethyl adjacent to an activating group) is 1. The molecule has 0 bridgehead atoms. The number of benzene rings is 3. The third kappa shape index (κ3) is 7.31. The van der Waals surface area contributed by atoms with E-state index in [1.54, 1.807) is 50.4 Å². The zero-order chi connectivity index (χ0) is 28.8. The van der Waals surface area contributed by atoms with Crippen molar-refractivity contribution in [1.82, 2.24) is 4.90 Å². The summed E-state index contributed by atoms with van der Waals surface area (Å²) < 4.78 is 17.8. The van der Waals surface area contributed by atoms with Crippen molar-refractivity contribution in [3.05, 3.63) is 89.8 Å². The van der Waals surface area contributed by atoms with Crippen molar-refractivity contribution < 1.29 is 23.8 Å². The van der Waals surface area contributed by atoms with Gasteiger partial charge in [-0.15, -0.1) is 0 Å². The van der Waals surface area contributed by atoms with Gasteiger partial charge < -0.3 is 14.2 Å². The molecule has 0 N–H and O–H groups in total. The molecule has 1 aliphatic rings. The molecule has 40 heavy (non-hydrogen) atoms. The Morgan fingerprint density at radius 1 is 1.02 bits per heavy atom. The van der Waals surface area contributed by atoms with Crippen LogP contribution in [-0.2, 0) is 16.1 Å². The van der Waals surface area contributed by atoms with E-state index in [4.69, 9.17) is 37.4 Å². The van der Waals surface area contributed by atoms with Gasteiger partial charge in [0, 0.05) is 7.05 Å². The fourth-order valence-electron chi connectivity index (χ4n) is 3.66. The number of thioether (sulfide) groups is 1. The van der Waals surface area contributed by atoms with E-state index < -0.39 is 0 Å². The fraction of sp³-hybridized carbons (Fsp3) is 0.207. The molecule has 3 aromatic carbocycles. The Kier molecular flexibility index (Phi) is 10.4. The number of hydrogen-bond acceptors (Lipinski definition) is 7. The van der Waals surface area contributed by atoms with Crippen molar-refractivity contribution in [1.29, 1.82) is 0 Å². The third-order valence-corrected chi connectivity index (χ3v) is 8.20. The predicted molar refractivity (Wildman–Crippen MR) is 169 cm³/mol. The number of rotatable bonds is 9. The molecule has 1 aliphatic heterocycles. The highest BCUT2D eigenvalue weighted by atomic mass is 127. The number of halogens is 3. The summed E-state index contributed by atoms with van der Waals surface area (Å²) in [5, 5.41) is 1.48. The molecule has 11 heteroatoms. The summed E-state index contributed by atoms with van der Waals surface area (Å²) in [6.07, 6.45) is 1.81. The normalized spacial score (nSPS) is 15.2. The number of amidine groups is 1. The maximum absolute atomic E-state index is 13.0. The van der Waals surface area contributed by atoms with Crippen molar-refractivity contribution >= 4 is 86.4 Å². The monoisotopic (exact) mass is 710 g/mol. The molecule has 1 amide bonds. The molecular formula is C29H25Cl2IN2O5S.